The van der Waals surface area contributed by atoms with Gasteiger partial charge in [-0.2, -0.15) is 0 Å². The summed E-state index contributed by atoms with van der Waals surface area (Å²) in [5.41, 5.74) is 10.5. The highest BCUT2D eigenvalue weighted by Gasteiger charge is 2.25. The summed E-state index contributed by atoms with van der Waals surface area (Å²) < 4.78 is 21.9. The van der Waals surface area contributed by atoms with E-state index in [1.165, 1.54) is 5.56 Å². The SMILES string of the molecule is Cc1ccc2c(oc3c(-c4c5c(cc6oc7ccccc7c46)oc4ccccc45)cccc32)c1-c1cccc[n+]1C. The lowest BCUT2D eigenvalue weighted by molar-refractivity contribution is -0.660. The number of para-hydroxylation sites is 3. The first-order chi connectivity index (χ1) is 20.2. The van der Waals surface area contributed by atoms with Crippen molar-refractivity contribution in [1.82, 2.24) is 0 Å². The van der Waals surface area contributed by atoms with Gasteiger partial charge in [-0.1, -0.05) is 66.7 Å². The van der Waals surface area contributed by atoms with Crippen molar-refractivity contribution < 1.29 is 17.8 Å². The summed E-state index contributed by atoms with van der Waals surface area (Å²) in [7, 11) is 2.08. The Hall–Kier alpha value is -5.35. The zero-order valence-corrected chi connectivity index (χ0v) is 22.6. The van der Waals surface area contributed by atoms with E-state index in [4.69, 9.17) is 13.3 Å². The summed E-state index contributed by atoms with van der Waals surface area (Å²) in [6, 6.07) is 35.6. The molecule has 0 radical (unpaired) electrons. The average molecular weight is 531 g/mol. The van der Waals surface area contributed by atoms with Crippen molar-refractivity contribution in [3.05, 3.63) is 115 Å². The Morgan fingerprint density at radius 2 is 1.15 bits per heavy atom. The van der Waals surface area contributed by atoms with E-state index in [1.54, 1.807) is 0 Å². The van der Waals surface area contributed by atoms with Crippen molar-refractivity contribution in [3.8, 4) is 22.4 Å². The van der Waals surface area contributed by atoms with Crippen LogP contribution in [0, 0.1) is 6.92 Å². The molecule has 4 heterocycles. The molecule has 41 heavy (non-hydrogen) atoms. The summed E-state index contributed by atoms with van der Waals surface area (Å²) in [6.07, 6.45) is 2.08. The highest BCUT2D eigenvalue weighted by Crippen LogP contribution is 2.48. The molecule has 0 N–H and O–H groups in total. The molecule has 0 aliphatic carbocycles. The van der Waals surface area contributed by atoms with Crippen LogP contribution in [0.3, 0.4) is 0 Å². The number of nitrogens with zero attached hydrogens (tertiary/aromatic N) is 1. The smallest absolute Gasteiger partial charge is 0.216 e. The Labute approximate surface area is 234 Å². The van der Waals surface area contributed by atoms with Gasteiger partial charge in [0.1, 0.15) is 40.5 Å². The largest absolute Gasteiger partial charge is 0.456 e. The predicted molar refractivity (Wildman–Crippen MR) is 165 cm³/mol. The molecule has 194 valence electrons. The van der Waals surface area contributed by atoms with Gasteiger partial charge in [0.15, 0.2) is 6.20 Å². The number of fused-ring (bicyclic) bond motifs is 9. The Kier molecular flexibility index (Phi) is 4.43. The number of aromatic nitrogens is 1. The average Bonchev–Trinajstić information content (AvgIpc) is 3.67. The standard InChI is InChI=1S/C37H24NO3/c1-21-17-18-23-22-12-9-13-26(36(22)41-37(23)32(21)27-14-7-8-19-38(27)2)35-33-24-10-3-5-15-28(24)39-30(33)20-31-34(35)25-11-4-6-16-29(25)40-31/h3-20H,1-2H3/q+1. The molecule has 0 bridgehead atoms. The molecule has 0 atom stereocenters. The molecular weight excluding hydrogens is 506 g/mol. The minimum Gasteiger partial charge on any atom is -0.456 e. The first-order valence-electron chi connectivity index (χ1n) is 13.8. The predicted octanol–water partition coefficient (Wildman–Crippen LogP) is 9.85. The Bertz CT molecular complexity index is 2420. The zero-order chi connectivity index (χ0) is 27.2. The molecule has 0 fully saturated rings. The van der Waals surface area contributed by atoms with Gasteiger partial charge in [0, 0.05) is 61.6 Å². The van der Waals surface area contributed by atoms with Crippen molar-refractivity contribution in [3.63, 3.8) is 0 Å². The van der Waals surface area contributed by atoms with Gasteiger partial charge in [-0.3, -0.25) is 0 Å². The van der Waals surface area contributed by atoms with Crippen LogP contribution in [-0.4, -0.2) is 0 Å². The molecule has 0 spiro atoms. The van der Waals surface area contributed by atoms with Crippen LogP contribution in [-0.2, 0) is 7.05 Å². The molecule has 0 unspecified atom stereocenters. The summed E-state index contributed by atoms with van der Waals surface area (Å²) in [5.74, 6) is 0. The third kappa shape index (κ3) is 3.02. The second-order valence-corrected chi connectivity index (χ2v) is 10.8. The number of hydrogen-bond donors (Lipinski definition) is 0. The number of hydrogen-bond acceptors (Lipinski definition) is 3. The van der Waals surface area contributed by atoms with Crippen LogP contribution >= 0.6 is 0 Å². The van der Waals surface area contributed by atoms with Crippen LogP contribution < -0.4 is 4.57 Å². The highest BCUT2D eigenvalue weighted by molar-refractivity contribution is 6.28. The van der Waals surface area contributed by atoms with Crippen LogP contribution in [0.1, 0.15) is 5.56 Å². The molecule has 4 nitrogen and oxygen atoms in total. The van der Waals surface area contributed by atoms with Gasteiger partial charge in [0.25, 0.3) is 0 Å². The van der Waals surface area contributed by atoms with Crippen LogP contribution in [0.5, 0.6) is 0 Å². The fourth-order valence-corrected chi connectivity index (χ4v) is 6.62. The number of furan rings is 3. The van der Waals surface area contributed by atoms with Gasteiger partial charge in [0.05, 0.1) is 5.56 Å². The minimum absolute atomic E-state index is 0.800. The van der Waals surface area contributed by atoms with Gasteiger partial charge >= 0.3 is 0 Å². The number of benzene rings is 5. The van der Waals surface area contributed by atoms with E-state index in [0.29, 0.717) is 0 Å². The van der Waals surface area contributed by atoms with Crippen molar-refractivity contribution in [2.75, 3.05) is 0 Å². The van der Waals surface area contributed by atoms with E-state index < -0.39 is 0 Å². The van der Waals surface area contributed by atoms with Crippen molar-refractivity contribution >= 4 is 65.8 Å². The highest BCUT2D eigenvalue weighted by atomic mass is 16.3. The number of aryl methyl sites for hydroxylation is 2. The molecule has 0 saturated carbocycles. The minimum atomic E-state index is 0.800. The first-order valence-corrected chi connectivity index (χ1v) is 13.8. The Balaban J connectivity index is 1.49. The molecule has 0 saturated heterocycles. The molecule has 4 aromatic heterocycles. The summed E-state index contributed by atoms with van der Waals surface area (Å²) >= 11 is 0. The lowest BCUT2D eigenvalue weighted by atomic mass is 9.93. The van der Waals surface area contributed by atoms with E-state index in [9.17, 15) is 0 Å². The lowest BCUT2D eigenvalue weighted by Crippen LogP contribution is -2.30. The third-order valence-electron chi connectivity index (χ3n) is 8.46. The van der Waals surface area contributed by atoms with E-state index in [2.05, 4.69) is 91.5 Å². The number of rotatable bonds is 2. The van der Waals surface area contributed by atoms with E-state index >= 15 is 0 Å². The molecule has 9 rings (SSSR count). The lowest BCUT2D eigenvalue weighted by Gasteiger charge is -2.08. The first kappa shape index (κ1) is 22.5. The maximum atomic E-state index is 6.96. The fraction of sp³-hybridized carbons (Fsp3) is 0.0541. The second kappa shape index (κ2) is 8.09. The Morgan fingerprint density at radius 1 is 0.512 bits per heavy atom. The molecule has 4 heteroatoms. The molecule has 0 aliphatic heterocycles. The molecule has 9 aromatic rings. The molecule has 0 amide bonds. The summed E-state index contributed by atoms with van der Waals surface area (Å²) in [6.45, 7) is 2.15. The van der Waals surface area contributed by atoms with Gasteiger partial charge < -0.3 is 13.3 Å². The van der Waals surface area contributed by atoms with Crippen LogP contribution in [0.15, 0.2) is 123 Å². The monoisotopic (exact) mass is 530 g/mol. The van der Waals surface area contributed by atoms with Crippen molar-refractivity contribution in [1.29, 1.82) is 0 Å². The van der Waals surface area contributed by atoms with Gasteiger partial charge in [-0.05, 0) is 30.7 Å². The van der Waals surface area contributed by atoms with Gasteiger partial charge in [0.2, 0.25) is 5.69 Å². The maximum absolute atomic E-state index is 6.96. The molecule has 5 aromatic carbocycles. The van der Waals surface area contributed by atoms with E-state index in [0.717, 1.165) is 88.2 Å². The summed E-state index contributed by atoms with van der Waals surface area (Å²) in [5, 5.41) is 6.47. The second-order valence-electron chi connectivity index (χ2n) is 10.8. The van der Waals surface area contributed by atoms with E-state index in [-0.39, 0.29) is 0 Å². The molecule has 0 aliphatic rings. The summed E-state index contributed by atoms with van der Waals surface area (Å²) in [4.78, 5) is 0. The van der Waals surface area contributed by atoms with Crippen LogP contribution in [0.25, 0.3) is 88.2 Å². The van der Waals surface area contributed by atoms with E-state index in [1.807, 2.05) is 36.4 Å². The van der Waals surface area contributed by atoms with Crippen molar-refractivity contribution in [2.24, 2.45) is 7.05 Å². The molecular formula is C37H24NO3+. The van der Waals surface area contributed by atoms with Crippen LogP contribution in [0.2, 0.25) is 0 Å². The Morgan fingerprint density at radius 3 is 1.85 bits per heavy atom. The van der Waals surface area contributed by atoms with Crippen molar-refractivity contribution in [2.45, 2.75) is 6.92 Å². The fourth-order valence-electron chi connectivity index (χ4n) is 6.62. The number of pyridine rings is 1. The topological polar surface area (TPSA) is 43.3 Å². The zero-order valence-electron chi connectivity index (χ0n) is 22.6. The normalized spacial score (nSPS) is 12.1. The third-order valence-corrected chi connectivity index (χ3v) is 8.46. The quantitative estimate of drug-likeness (QED) is 0.209. The maximum Gasteiger partial charge on any atom is 0.216 e. The van der Waals surface area contributed by atoms with Crippen LogP contribution in [0.4, 0.5) is 0 Å². The van der Waals surface area contributed by atoms with Gasteiger partial charge in [-0.15, -0.1) is 0 Å². The van der Waals surface area contributed by atoms with Gasteiger partial charge in [-0.25, -0.2) is 4.57 Å².